The lowest BCUT2D eigenvalue weighted by Crippen LogP contribution is -2.45. The normalized spacial score (nSPS) is 17.1. The van der Waals surface area contributed by atoms with Crippen molar-refractivity contribution < 1.29 is 14.0 Å². The molecular weight excluding hydrogens is 383 g/mol. The second kappa shape index (κ2) is 9.61. The van der Waals surface area contributed by atoms with Gasteiger partial charge in [-0.2, -0.15) is 0 Å². The first-order chi connectivity index (χ1) is 13.5. The highest BCUT2D eigenvalue weighted by atomic mass is 35.5. The summed E-state index contributed by atoms with van der Waals surface area (Å²) >= 11 is 5.80. The van der Waals surface area contributed by atoms with E-state index in [4.69, 9.17) is 11.6 Å². The van der Waals surface area contributed by atoms with Crippen LogP contribution < -0.4 is 10.6 Å². The monoisotopic (exact) mass is 404 g/mol. The third-order valence-electron chi connectivity index (χ3n) is 4.66. The molecule has 1 aliphatic rings. The van der Waals surface area contributed by atoms with Gasteiger partial charge < -0.3 is 10.6 Å². The summed E-state index contributed by atoms with van der Waals surface area (Å²) in [6.45, 7) is 1.56. The highest BCUT2D eigenvalue weighted by molar-refractivity contribution is 6.30. The van der Waals surface area contributed by atoms with Crippen LogP contribution in [-0.2, 0) is 16.1 Å². The van der Waals surface area contributed by atoms with Crippen LogP contribution in [0.4, 0.5) is 10.2 Å². The van der Waals surface area contributed by atoms with Crippen LogP contribution in [0.1, 0.15) is 18.4 Å². The van der Waals surface area contributed by atoms with Gasteiger partial charge in [-0.05, 0) is 37.6 Å². The number of nitrogens with one attached hydrogen (secondary N) is 2. The lowest BCUT2D eigenvalue weighted by molar-refractivity contribution is -0.125. The molecule has 2 amide bonds. The molecule has 1 aliphatic heterocycles. The Balaban J connectivity index is 1.47. The number of hydrogen-bond acceptors (Lipinski definition) is 4. The number of anilines is 1. The summed E-state index contributed by atoms with van der Waals surface area (Å²) in [4.78, 5) is 30.7. The van der Waals surface area contributed by atoms with E-state index in [2.05, 4.69) is 15.6 Å². The second-order valence-electron chi connectivity index (χ2n) is 6.79. The van der Waals surface area contributed by atoms with Gasteiger partial charge in [0, 0.05) is 24.8 Å². The van der Waals surface area contributed by atoms with Crippen molar-refractivity contribution in [2.24, 2.45) is 5.92 Å². The summed E-state index contributed by atoms with van der Waals surface area (Å²) < 4.78 is 13.6. The van der Waals surface area contributed by atoms with Crippen LogP contribution in [0.2, 0.25) is 5.02 Å². The maximum atomic E-state index is 13.6. The van der Waals surface area contributed by atoms with Gasteiger partial charge in [0.1, 0.15) is 11.6 Å². The first-order valence-electron chi connectivity index (χ1n) is 9.16. The molecule has 1 aromatic carbocycles. The molecule has 1 atom stereocenters. The molecule has 0 bridgehead atoms. The second-order valence-corrected chi connectivity index (χ2v) is 7.23. The number of nitrogens with zero attached hydrogens (tertiary/aromatic N) is 2. The molecule has 0 radical (unpaired) electrons. The van der Waals surface area contributed by atoms with E-state index in [1.807, 2.05) is 4.90 Å². The Bertz CT molecular complexity index is 831. The van der Waals surface area contributed by atoms with Gasteiger partial charge in [-0.3, -0.25) is 14.5 Å². The Kier molecular flexibility index (Phi) is 6.95. The topological polar surface area (TPSA) is 74.3 Å². The first-order valence-corrected chi connectivity index (χ1v) is 9.54. The molecule has 1 saturated heterocycles. The summed E-state index contributed by atoms with van der Waals surface area (Å²) in [7, 11) is 0. The molecule has 1 unspecified atom stereocenters. The van der Waals surface area contributed by atoms with E-state index < -0.39 is 0 Å². The lowest BCUT2D eigenvalue weighted by atomic mass is 9.97. The van der Waals surface area contributed by atoms with E-state index in [9.17, 15) is 14.0 Å². The Labute approximate surface area is 168 Å². The molecule has 0 spiro atoms. The molecule has 148 valence electrons. The van der Waals surface area contributed by atoms with Crippen molar-refractivity contribution in [1.82, 2.24) is 15.2 Å². The van der Waals surface area contributed by atoms with E-state index in [0.717, 1.165) is 19.4 Å². The van der Waals surface area contributed by atoms with Crippen molar-refractivity contribution in [1.29, 1.82) is 0 Å². The molecule has 6 nitrogen and oxygen atoms in total. The Hall–Kier alpha value is -2.51. The van der Waals surface area contributed by atoms with Crippen molar-refractivity contribution in [2.45, 2.75) is 19.4 Å². The summed E-state index contributed by atoms with van der Waals surface area (Å²) in [5, 5.41) is 6.02. The fourth-order valence-corrected chi connectivity index (χ4v) is 3.30. The SMILES string of the molecule is O=C(CN1CCCC(C(=O)Nc2ccc(Cl)cn2)C1)NCc1ccccc1F. The van der Waals surface area contributed by atoms with Gasteiger partial charge in [-0.1, -0.05) is 29.8 Å². The Morgan fingerprint density at radius 3 is 2.82 bits per heavy atom. The minimum atomic E-state index is -0.340. The Morgan fingerprint density at radius 1 is 1.25 bits per heavy atom. The third kappa shape index (κ3) is 5.74. The summed E-state index contributed by atoms with van der Waals surface area (Å²) in [5.41, 5.74) is 0.446. The van der Waals surface area contributed by atoms with E-state index in [-0.39, 0.29) is 36.6 Å². The number of amides is 2. The van der Waals surface area contributed by atoms with Crippen molar-refractivity contribution in [2.75, 3.05) is 25.0 Å². The fraction of sp³-hybridized carbons (Fsp3) is 0.350. The quantitative estimate of drug-likeness (QED) is 0.776. The zero-order valence-electron chi connectivity index (χ0n) is 15.3. The van der Waals surface area contributed by atoms with Crippen LogP contribution >= 0.6 is 11.6 Å². The molecule has 2 aromatic rings. The van der Waals surface area contributed by atoms with Gasteiger partial charge in [-0.15, -0.1) is 0 Å². The minimum Gasteiger partial charge on any atom is -0.351 e. The van der Waals surface area contributed by atoms with Gasteiger partial charge in [0.25, 0.3) is 0 Å². The van der Waals surface area contributed by atoms with Gasteiger partial charge >= 0.3 is 0 Å². The molecule has 0 saturated carbocycles. The summed E-state index contributed by atoms with van der Waals surface area (Å²) in [5.74, 6) is -0.414. The average molecular weight is 405 g/mol. The maximum Gasteiger partial charge on any atom is 0.234 e. The van der Waals surface area contributed by atoms with Crippen LogP contribution in [0, 0.1) is 11.7 Å². The summed E-state index contributed by atoms with van der Waals surface area (Å²) in [6, 6.07) is 9.66. The average Bonchev–Trinajstić information content (AvgIpc) is 2.69. The number of piperidine rings is 1. The van der Waals surface area contributed by atoms with Crippen LogP contribution in [-0.4, -0.2) is 41.3 Å². The van der Waals surface area contributed by atoms with Crippen LogP contribution in [0.25, 0.3) is 0 Å². The number of carbonyl (C=O) groups is 2. The maximum absolute atomic E-state index is 13.6. The highest BCUT2D eigenvalue weighted by Crippen LogP contribution is 2.18. The number of pyridine rings is 1. The number of likely N-dealkylation sites (tertiary alicyclic amines) is 1. The molecule has 1 aromatic heterocycles. The number of halogens is 2. The molecule has 28 heavy (non-hydrogen) atoms. The van der Waals surface area contributed by atoms with Crippen molar-refractivity contribution in [3.05, 3.63) is 59.0 Å². The molecule has 2 heterocycles. The van der Waals surface area contributed by atoms with Gasteiger partial charge in [-0.25, -0.2) is 9.37 Å². The third-order valence-corrected chi connectivity index (χ3v) is 4.88. The summed E-state index contributed by atoms with van der Waals surface area (Å²) in [6.07, 6.45) is 3.06. The molecule has 8 heteroatoms. The number of hydrogen-bond donors (Lipinski definition) is 2. The standard InChI is InChI=1S/C20H22ClFN4O2/c21-16-7-8-18(23-11-16)25-20(28)15-5-3-9-26(12-15)13-19(27)24-10-14-4-1-2-6-17(14)22/h1-2,4,6-8,11,15H,3,5,9-10,12-13H2,(H,24,27)(H,23,25,28). The van der Waals surface area contributed by atoms with E-state index in [0.29, 0.717) is 22.9 Å². The van der Waals surface area contributed by atoms with Crippen LogP contribution in [0.15, 0.2) is 42.6 Å². The number of aromatic nitrogens is 1. The fourth-order valence-electron chi connectivity index (χ4n) is 3.19. The highest BCUT2D eigenvalue weighted by Gasteiger charge is 2.27. The first kappa shape index (κ1) is 20.2. The molecule has 3 rings (SSSR count). The predicted molar refractivity (Wildman–Crippen MR) is 105 cm³/mol. The van der Waals surface area contributed by atoms with Crippen molar-refractivity contribution in [3.8, 4) is 0 Å². The van der Waals surface area contributed by atoms with Crippen molar-refractivity contribution >= 4 is 29.2 Å². The molecular formula is C20H22ClFN4O2. The van der Waals surface area contributed by atoms with Crippen LogP contribution in [0.3, 0.4) is 0 Å². The number of carbonyl (C=O) groups excluding carboxylic acids is 2. The lowest BCUT2D eigenvalue weighted by Gasteiger charge is -2.31. The smallest absolute Gasteiger partial charge is 0.234 e. The Morgan fingerprint density at radius 2 is 2.07 bits per heavy atom. The minimum absolute atomic E-state index is 0.119. The predicted octanol–water partition coefficient (Wildman–Crippen LogP) is 2.84. The molecule has 1 fully saturated rings. The van der Waals surface area contributed by atoms with Crippen LogP contribution in [0.5, 0.6) is 0 Å². The zero-order valence-corrected chi connectivity index (χ0v) is 16.1. The van der Waals surface area contributed by atoms with Crippen molar-refractivity contribution in [3.63, 3.8) is 0 Å². The van der Waals surface area contributed by atoms with E-state index >= 15 is 0 Å². The van der Waals surface area contributed by atoms with Gasteiger partial charge in [0.15, 0.2) is 0 Å². The van der Waals surface area contributed by atoms with Gasteiger partial charge in [0.2, 0.25) is 11.8 Å². The molecule has 0 aliphatic carbocycles. The van der Waals surface area contributed by atoms with Gasteiger partial charge in [0.05, 0.1) is 17.5 Å². The molecule has 2 N–H and O–H groups in total. The zero-order chi connectivity index (χ0) is 19.9. The van der Waals surface area contributed by atoms with E-state index in [1.54, 1.807) is 30.3 Å². The van der Waals surface area contributed by atoms with E-state index in [1.165, 1.54) is 12.3 Å². The number of rotatable bonds is 6. The number of benzene rings is 1. The largest absolute Gasteiger partial charge is 0.351 e.